The Labute approximate surface area is 144 Å². The van der Waals surface area contributed by atoms with Crippen LogP contribution in [-0.4, -0.2) is 11.6 Å². The topological polar surface area (TPSA) is 60.4 Å². The van der Waals surface area contributed by atoms with Crippen LogP contribution in [0.4, 0.5) is 0 Å². The van der Waals surface area contributed by atoms with E-state index in [0.29, 0.717) is 23.0 Å². The largest absolute Gasteiger partial charge is 0.458 e. The van der Waals surface area contributed by atoms with E-state index < -0.39 is 0 Å². The highest BCUT2D eigenvalue weighted by molar-refractivity contribution is 7.10. The monoisotopic (exact) mass is 342 g/mol. The van der Waals surface area contributed by atoms with E-state index >= 15 is 0 Å². The number of thiophene rings is 1. The Hall–Kier alpha value is -2.40. The highest BCUT2D eigenvalue weighted by Crippen LogP contribution is 2.31. The molecule has 0 fully saturated rings. The van der Waals surface area contributed by atoms with Crippen LogP contribution in [0.2, 0.25) is 0 Å². The average molecular weight is 342 g/mol. The molecule has 0 aliphatic carbocycles. The molecule has 3 heterocycles. The normalized spacial score (nSPS) is 11.1. The third kappa shape index (κ3) is 3.74. The van der Waals surface area contributed by atoms with Gasteiger partial charge in [-0.05, 0) is 49.6 Å². The number of hydrogen-bond acceptors (Lipinski definition) is 5. The van der Waals surface area contributed by atoms with Gasteiger partial charge in [0.25, 0.3) is 0 Å². The molecule has 0 unspecified atom stereocenters. The number of rotatable bonds is 7. The Bertz CT molecular complexity index is 784. The van der Waals surface area contributed by atoms with Gasteiger partial charge in [0.1, 0.15) is 11.5 Å². The predicted molar refractivity (Wildman–Crippen MR) is 91.8 cm³/mol. The summed E-state index contributed by atoms with van der Waals surface area (Å²) in [6.07, 6.45) is 0.470. The second kappa shape index (κ2) is 7.01. The van der Waals surface area contributed by atoms with E-state index in [0.717, 1.165) is 4.88 Å². The van der Waals surface area contributed by atoms with E-state index in [4.69, 9.17) is 8.83 Å². The molecular formula is C19H18O4S. The fourth-order valence-corrected chi connectivity index (χ4v) is 3.44. The van der Waals surface area contributed by atoms with Crippen molar-refractivity contribution in [3.05, 3.63) is 69.7 Å². The number of Topliss-reactive ketones (excluding diaryl/α,β-unsaturated/α-hetero) is 2. The second-order valence-electron chi connectivity index (χ2n) is 5.79. The molecule has 5 heteroatoms. The van der Waals surface area contributed by atoms with Crippen LogP contribution >= 0.6 is 11.3 Å². The number of furan rings is 2. The van der Waals surface area contributed by atoms with Crippen molar-refractivity contribution < 1.29 is 18.4 Å². The second-order valence-corrected chi connectivity index (χ2v) is 6.77. The molecule has 0 N–H and O–H groups in total. The number of hydrogen-bond donors (Lipinski definition) is 0. The van der Waals surface area contributed by atoms with E-state index in [-0.39, 0.29) is 30.3 Å². The zero-order valence-electron chi connectivity index (χ0n) is 13.6. The molecule has 0 aliphatic heterocycles. The molecule has 3 aromatic heterocycles. The minimum Gasteiger partial charge on any atom is -0.458 e. The zero-order valence-corrected chi connectivity index (χ0v) is 14.4. The van der Waals surface area contributed by atoms with Crippen molar-refractivity contribution in [2.24, 2.45) is 0 Å². The number of carbonyl (C=O) groups excluding carboxylic acids is 2. The lowest BCUT2D eigenvalue weighted by Gasteiger charge is -2.12. The maximum atomic E-state index is 12.5. The van der Waals surface area contributed by atoms with Crippen LogP contribution in [-0.2, 0) is 0 Å². The van der Waals surface area contributed by atoms with Gasteiger partial charge in [-0.1, -0.05) is 6.07 Å². The minimum atomic E-state index is -0.180. The maximum Gasteiger partial charge on any atom is 0.198 e. The van der Waals surface area contributed by atoms with Gasteiger partial charge < -0.3 is 8.83 Å². The van der Waals surface area contributed by atoms with Gasteiger partial charge in [-0.15, -0.1) is 11.3 Å². The fraction of sp³-hybridized carbons (Fsp3) is 0.263. The Morgan fingerprint density at radius 2 is 1.46 bits per heavy atom. The first kappa shape index (κ1) is 16.5. The average Bonchev–Trinajstić information content (AvgIpc) is 3.27. The summed E-state index contributed by atoms with van der Waals surface area (Å²) in [6.45, 7) is 3.60. The molecular weight excluding hydrogens is 324 g/mol. The van der Waals surface area contributed by atoms with Gasteiger partial charge in [-0.25, -0.2) is 0 Å². The van der Waals surface area contributed by atoms with Crippen LogP contribution in [0.25, 0.3) is 0 Å². The summed E-state index contributed by atoms with van der Waals surface area (Å²) in [5, 5.41) is 1.95. The van der Waals surface area contributed by atoms with Crippen molar-refractivity contribution in [3.63, 3.8) is 0 Å². The molecule has 4 nitrogen and oxygen atoms in total. The third-order valence-corrected chi connectivity index (χ3v) is 4.87. The molecule has 24 heavy (non-hydrogen) atoms. The first-order valence-corrected chi connectivity index (χ1v) is 8.63. The molecule has 0 bridgehead atoms. The van der Waals surface area contributed by atoms with E-state index in [1.807, 2.05) is 17.5 Å². The van der Waals surface area contributed by atoms with Crippen molar-refractivity contribution in [1.82, 2.24) is 0 Å². The van der Waals surface area contributed by atoms with Gasteiger partial charge in [0.2, 0.25) is 0 Å². The molecule has 0 amide bonds. The summed E-state index contributed by atoms with van der Waals surface area (Å²) in [4.78, 5) is 25.9. The zero-order chi connectivity index (χ0) is 17.1. The van der Waals surface area contributed by atoms with Crippen molar-refractivity contribution in [1.29, 1.82) is 0 Å². The molecule has 0 saturated heterocycles. The van der Waals surface area contributed by atoms with Gasteiger partial charge in [0.05, 0.1) is 0 Å². The fourth-order valence-electron chi connectivity index (χ4n) is 2.61. The summed E-state index contributed by atoms with van der Waals surface area (Å²) >= 11 is 1.55. The van der Waals surface area contributed by atoms with Crippen molar-refractivity contribution >= 4 is 22.9 Å². The molecule has 3 aromatic rings. The maximum absolute atomic E-state index is 12.5. The first-order valence-electron chi connectivity index (χ1n) is 7.75. The molecule has 0 aliphatic rings. The lowest BCUT2D eigenvalue weighted by molar-refractivity contribution is 0.0915. The van der Waals surface area contributed by atoms with Crippen molar-refractivity contribution in [2.75, 3.05) is 0 Å². The van der Waals surface area contributed by atoms with E-state index in [1.54, 1.807) is 49.4 Å². The minimum absolute atomic E-state index is 0.0927. The number of carbonyl (C=O) groups is 2. The Morgan fingerprint density at radius 1 is 0.917 bits per heavy atom. The van der Waals surface area contributed by atoms with Crippen LogP contribution in [0.5, 0.6) is 0 Å². The van der Waals surface area contributed by atoms with Crippen molar-refractivity contribution in [3.8, 4) is 0 Å². The summed E-state index contributed by atoms with van der Waals surface area (Å²) in [6, 6.07) is 10.8. The molecule has 0 radical (unpaired) electrons. The molecule has 0 spiro atoms. The summed E-state index contributed by atoms with van der Waals surface area (Å²) in [5.74, 6) is 1.72. The Morgan fingerprint density at radius 3 is 1.83 bits per heavy atom. The van der Waals surface area contributed by atoms with E-state index in [9.17, 15) is 9.59 Å². The summed E-state index contributed by atoms with van der Waals surface area (Å²) in [5.41, 5.74) is 0. The molecule has 3 rings (SSSR count). The quantitative estimate of drug-likeness (QED) is 0.555. The van der Waals surface area contributed by atoms with E-state index in [1.165, 1.54) is 0 Å². The van der Waals surface area contributed by atoms with Crippen LogP contribution in [0.3, 0.4) is 0 Å². The molecule has 0 saturated carbocycles. The lowest BCUT2D eigenvalue weighted by Crippen LogP contribution is -2.11. The van der Waals surface area contributed by atoms with Gasteiger partial charge in [-0.2, -0.15) is 0 Å². The van der Waals surface area contributed by atoms with Crippen molar-refractivity contribution in [2.45, 2.75) is 32.6 Å². The van der Waals surface area contributed by atoms with Gasteiger partial charge in [0.15, 0.2) is 23.1 Å². The number of aryl methyl sites for hydroxylation is 2. The highest BCUT2D eigenvalue weighted by atomic mass is 32.1. The lowest BCUT2D eigenvalue weighted by atomic mass is 9.93. The van der Waals surface area contributed by atoms with Gasteiger partial charge >= 0.3 is 0 Å². The Balaban J connectivity index is 1.77. The highest BCUT2D eigenvalue weighted by Gasteiger charge is 2.24. The first-order chi connectivity index (χ1) is 11.5. The van der Waals surface area contributed by atoms with Crippen LogP contribution in [0, 0.1) is 13.8 Å². The third-order valence-electron chi connectivity index (χ3n) is 3.84. The predicted octanol–water partition coefficient (Wildman–Crippen LogP) is 5.18. The molecule has 124 valence electrons. The van der Waals surface area contributed by atoms with Gasteiger partial charge in [0, 0.05) is 23.6 Å². The van der Waals surface area contributed by atoms with Crippen LogP contribution in [0.1, 0.15) is 56.3 Å². The van der Waals surface area contributed by atoms with Crippen LogP contribution < -0.4 is 0 Å². The summed E-state index contributed by atoms with van der Waals surface area (Å²) in [7, 11) is 0. The van der Waals surface area contributed by atoms with E-state index in [2.05, 4.69) is 0 Å². The number of ketones is 2. The molecule has 0 atom stereocenters. The summed E-state index contributed by atoms with van der Waals surface area (Å²) < 4.78 is 10.8. The standard InChI is InChI=1S/C19H18O4S/c1-12-5-7-17(22-12)15(20)10-14(19-4-3-9-24-19)11-16(21)18-8-6-13(2)23-18/h3-9,14H,10-11H2,1-2H3. The Kier molecular flexibility index (Phi) is 4.81. The van der Waals surface area contributed by atoms with Crippen LogP contribution in [0.15, 0.2) is 50.6 Å². The smallest absolute Gasteiger partial charge is 0.198 e. The van der Waals surface area contributed by atoms with Gasteiger partial charge in [-0.3, -0.25) is 9.59 Å². The SMILES string of the molecule is Cc1ccc(C(=O)CC(CC(=O)c2ccc(C)o2)c2cccs2)o1. The molecule has 0 aromatic carbocycles.